The smallest absolute Gasteiger partial charge is 0.274 e. The molecule has 0 atom stereocenters. The zero-order valence-corrected chi connectivity index (χ0v) is 14.5. The van der Waals surface area contributed by atoms with Gasteiger partial charge in [0, 0.05) is 19.6 Å². The number of allylic oxidation sites excluding steroid dienone is 2. The van der Waals surface area contributed by atoms with Crippen molar-refractivity contribution in [3.05, 3.63) is 69.5 Å². The Balaban J connectivity index is 1.96. The average Bonchev–Trinajstić information content (AvgIpc) is 2.62. The van der Waals surface area contributed by atoms with Crippen molar-refractivity contribution in [1.29, 1.82) is 0 Å². The standard InChI is InChI=1S/C19H19FN2O4/c1-3-12(2)26-16-10-15(23)18(24)17-19(25)21(8-9-22(16)17)11-13-4-6-14(20)7-5-13/h3-7,10,24H,8-9,11H2,1-2H3/b12-3+. The van der Waals surface area contributed by atoms with E-state index in [1.165, 1.54) is 27.7 Å². The maximum Gasteiger partial charge on any atom is 0.274 e. The number of halogens is 1. The van der Waals surface area contributed by atoms with Gasteiger partial charge in [0.05, 0.1) is 11.8 Å². The van der Waals surface area contributed by atoms with Gasteiger partial charge >= 0.3 is 0 Å². The first kappa shape index (κ1) is 17.7. The number of carbonyl (C=O) groups excluding carboxylic acids is 1. The average molecular weight is 358 g/mol. The van der Waals surface area contributed by atoms with Gasteiger partial charge in [0.1, 0.15) is 5.82 Å². The molecular weight excluding hydrogens is 339 g/mol. The van der Waals surface area contributed by atoms with E-state index in [1.807, 2.05) is 0 Å². The molecule has 0 spiro atoms. The number of nitrogens with zero attached hydrogens (tertiary/aromatic N) is 2. The molecule has 0 saturated heterocycles. The van der Waals surface area contributed by atoms with Crippen LogP contribution in [0, 0.1) is 5.82 Å². The van der Waals surface area contributed by atoms with Gasteiger partial charge in [-0.2, -0.15) is 0 Å². The van der Waals surface area contributed by atoms with Crippen molar-refractivity contribution >= 4 is 5.91 Å². The summed E-state index contributed by atoms with van der Waals surface area (Å²) in [5.41, 5.74) is -0.0101. The summed E-state index contributed by atoms with van der Waals surface area (Å²) in [5, 5.41) is 10.1. The van der Waals surface area contributed by atoms with E-state index in [4.69, 9.17) is 4.74 Å². The Kier molecular flexibility index (Phi) is 4.79. The third-order valence-electron chi connectivity index (χ3n) is 4.29. The molecule has 0 unspecified atom stereocenters. The van der Waals surface area contributed by atoms with Crippen molar-refractivity contribution in [2.75, 3.05) is 6.54 Å². The fourth-order valence-electron chi connectivity index (χ4n) is 2.79. The zero-order valence-electron chi connectivity index (χ0n) is 14.5. The molecule has 136 valence electrons. The van der Waals surface area contributed by atoms with Crippen molar-refractivity contribution in [2.45, 2.75) is 26.9 Å². The van der Waals surface area contributed by atoms with Crippen molar-refractivity contribution in [1.82, 2.24) is 9.47 Å². The second-order valence-electron chi connectivity index (χ2n) is 6.05. The van der Waals surface area contributed by atoms with Gasteiger partial charge in [-0.25, -0.2) is 4.39 Å². The highest BCUT2D eigenvalue weighted by Crippen LogP contribution is 2.26. The monoisotopic (exact) mass is 358 g/mol. The summed E-state index contributed by atoms with van der Waals surface area (Å²) < 4.78 is 20.2. The van der Waals surface area contributed by atoms with Crippen LogP contribution in [-0.2, 0) is 13.1 Å². The summed E-state index contributed by atoms with van der Waals surface area (Å²) in [5.74, 6) is -0.628. The Hall–Kier alpha value is -3.09. The molecule has 1 aliphatic heterocycles. The lowest BCUT2D eigenvalue weighted by Crippen LogP contribution is -2.41. The van der Waals surface area contributed by atoms with Crippen LogP contribution < -0.4 is 10.2 Å². The highest BCUT2D eigenvalue weighted by atomic mass is 19.1. The summed E-state index contributed by atoms with van der Waals surface area (Å²) in [4.78, 5) is 26.4. The first-order valence-corrected chi connectivity index (χ1v) is 8.22. The Bertz CT molecular complexity index is 932. The van der Waals surface area contributed by atoms with E-state index in [-0.39, 0.29) is 23.9 Å². The Labute approximate surface area is 149 Å². The van der Waals surface area contributed by atoms with Gasteiger partial charge in [-0.15, -0.1) is 0 Å². The molecule has 1 aliphatic rings. The van der Waals surface area contributed by atoms with Gasteiger partial charge in [-0.1, -0.05) is 12.1 Å². The summed E-state index contributed by atoms with van der Waals surface area (Å²) >= 11 is 0. The van der Waals surface area contributed by atoms with E-state index >= 15 is 0 Å². The first-order valence-electron chi connectivity index (χ1n) is 8.22. The van der Waals surface area contributed by atoms with Gasteiger partial charge in [-0.3, -0.25) is 9.59 Å². The van der Waals surface area contributed by atoms with E-state index in [2.05, 4.69) is 0 Å². The lowest BCUT2D eigenvalue weighted by Gasteiger charge is -2.31. The van der Waals surface area contributed by atoms with E-state index < -0.39 is 17.1 Å². The quantitative estimate of drug-likeness (QED) is 0.853. The Morgan fingerprint density at radius 2 is 1.96 bits per heavy atom. The SMILES string of the molecule is C/C=C(\C)Oc1cc(=O)c(O)c2n1CCN(Cc1ccc(F)cc1)C2=O. The zero-order chi connectivity index (χ0) is 18.8. The number of hydrogen-bond acceptors (Lipinski definition) is 4. The van der Waals surface area contributed by atoms with Crippen LogP contribution in [0.2, 0.25) is 0 Å². The van der Waals surface area contributed by atoms with Crippen LogP contribution >= 0.6 is 0 Å². The molecule has 0 fully saturated rings. The van der Waals surface area contributed by atoms with Crippen molar-refractivity contribution in [3.8, 4) is 11.6 Å². The second kappa shape index (κ2) is 7.03. The molecule has 1 aromatic carbocycles. The molecule has 0 aliphatic carbocycles. The molecule has 1 amide bonds. The number of fused-ring (bicyclic) bond motifs is 1. The highest BCUT2D eigenvalue weighted by molar-refractivity contribution is 5.96. The van der Waals surface area contributed by atoms with Gasteiger partial charge in [-0.05, 0) is 37.6 Å². The maximum atomic E-state index is 13.0. The molecule has 0 saturated carbocycles. The minimum atomic E-state index is -0.674. The molecule has 2 heterocycles. The molecule has 7 heteroatoms. The second-order valence-corrected chi connectivity index (χ2v) is 6.05. The number of amides is 1. The Morgan fingerprint density at radius 3 is 2.62 bits per heavy atom. The van der Waals surface area contributed by atoms with Crippen LogP contribution in [0.5, 0.6) is 11.6 Å². The highest BCUT2D eigenvalue weighted by Gasteiger charge is 2.30. The number of carbonyl (C=O) groups is 1. The molecule has 26 heavy (non-hydrogen) atoms. The first-order chi connectivity index (χ1) is 12.4. The van der Waals surface area contributed by atoms with Gasteiger partial charge < -0.3 is 19.3 Å². The Morgan fingerprint density at radius 1 is 1.27 bits per heavy atom. The summed E-state index contributed by atoms with van der Waals surface area (Å²) in [6.07, 6.45) is 1.73. The number of benzene rings is 1. The van der Waals surface area contributed by atoms with Crippen LogP contribution in [0.4, 0.5) is 4.39 Å². The summed E-state index contributed by atoms with van der Waals surface area (Å²) in [6.45, 7) is 4.52. The van der Waals surface area contributed by atoms with Crippen molar-refractivity contribution in [2.24, 2.45) is 0 Å². The number of aromatic hydroxyl groups is 1. The van der Waals surface area contributed by atoms with E-state index in [9.17, 15) is 19.1 Å². The van der Waals surface area contributed by atoms with E-state index in [1.54, 1.807) is 32.1 Å². The predicted molar refractivity (Wildman–Crippen MR) is 93.6 cm³/mol. The summed E-state index contributed by atoms with van der Waals surface area (Å²) in [6, 6.07) is 7.02. The number of ether oxygens (including phenoxy) is 1. The minimum absolute atomic E-state index is 0.0928. The van der Waals surface area contributed by atoms with Crippen molar-refractivity contribution in [3.63, 3.8) is 0 Å². The van der Waals surface area contributed by atoms with Crippen LogP contribution in [-0.4, -0.2) is 27.0 Å². The summed E-state index contributed by atoms with van der Waals surface area (Å²) in [7, 11) is 0. The lowest BCUT2D eigenvalue weighted by molar-refractivity contribution is 0.0677. The molecule has 1 aromatic heterocycles. The third kappa shape index (κ3) is 3.33. The number of aromatic nitrogens is 1. The fourth-order valence-corrected chi connectivity index (χ4v) is 2.79. The normalized spacial score (nSPS) is 14.3. The third-order valence-corrected chi connectivity index (χ3v) is 4.29. The van der Waals surface area contributed by atoms with Gasteiger partial charge in [0.2, 0.25) is 11.3 Å². The van der Waals surface area contributed by atoms with Gasteiger partial charge in [0.15, 0.2) is 11.4 Å². The van der Waals surface area contributed by atoms with E-state index in [0.29, 0.717) is 18.8 Å². The largest absolute Gasteiger partial charge is 0.503 e. The molecule has 2 aromatic rings. The lowest BCUT2D eigenvalue weighted by atomic mass is 10.1. The topological polar surface area (TPSA) is 71.8 Å². The minimum Gasteiger partial charge on any atom is -0.503 e. The van der Waals surface area contributed by atoms with Crippen LogP contribution in [0.3, 0.4) is 0 Å². The van der Waals surface area contributed by atoms with Gasteiger partial charge in [0.25, 0.3) is 5.91 Å². The number of pyridine rings is 1. The number of hydrogen-bond donors (Lipinski definition) is 1. The molecule has 1 N–H and O–H groups in total. The maximum absolute atomic E-state index is 13.0. The molecule has 0 bridgehead atoms. The van der Waals surface area contributed by atoms with E-state index in [0.717, 1.165) is 5.56 Å². The number of rotatable bonds is 4. The van der Waals surface area contributed by atoms with Crippen molar-refractivity contribution < 1.29 is 19.0 Å². The molecule has 0 radical (unpaired) electrons. The molecule has 6 nitrogen and oxygen atoms in total. The fraction of sp³-hybridized carbons (Fsp3) is 0.263. The van der Waals surface area contributed by atoms with Crippen LogP contribution in [0.1, 0.15) is 29.9 Å². The predicted octanol–water partition coefficient (Wildman–Crippen LogP) is 2.65. The van der Waals surface area contributed by atoms with Crippen LogP contribution in [0.25, 0.3) is 0 Å². The molecule has 3 rings (SSSR count). The van der Waals surface area contributed by atoms with Crippen LogP contribution in [0.15, 0.2) is 47.0 Å². The molecular formula is C19H19FN2O4.